The van der Waals surface area contributed by atoms with Gasteiger partial charge in [0.25, 0.3) is 0 Å². The molecule has 1 aliphatic heterocycles. The molecule has 1 fully saturated rings. The molecule has 0 bridgehead atoms. The van der Waals surface area contributed by atoms with Crippen molar-refractivity contribution in [3.8, 4) is 0 Å². The second-order valence-corrected chi connectivity index (χ2v) is 8.59. The van der Waals surface area contributed by atoms with Crippen LogP contribution in [0.15, 0.2) is 0 Å². The minimum Gasteiger partial charge on any atom is -0.394 e. The molecule has 4 N–H and O–H groups in total. The normalized spacial score (nSPS) is 19.1. The molecule has 1 rings (SSSR count). The van der Waals surface area contributed by atoms with Gasteiger partial charge < -0.3 is 20.8 Å². The first kappa shape index (κ1) is 26.1. The first-order valence-electron chi connectivity index (χ1n) is 11.9. The van der Waals surface area contributed by atoms with Crippen molar-refractivity contribution in [2.45, 2.75) is 115 Å². The Hall–Kier alpha value is -0.980. The molecule has 29 heavy (non-hydrogen) atoms. The zero-order valence-electron chi connectivity index (χ0n) is 18.3. The Kier molecular flexibility index (Phi) is 15.1. The summed E-state index contributed by atoms with van der Waals surface area (Å²) < 4.78 is 0. The van der Waals surface area contributed by atoms with E-state index in [1.54, 1.807) is 4.90 Å². The predicted octanol–water partition coefficient (Wildman–Crippen LogP) is 3.32. The van der Waals surface area contributed by atoms with E-state index in [1.807, 2.05) is 0 Å². The van der Waals surface area contributed by atoms with Gasteiger partial charge in [-0.3, -0.25) is 9.59 Å². The van der Waals surface area contributed by atoms with Crippen molar-refractivity contribution in [3.63, 3.8) is 0 Å². The number of likely N-dealkylation sites (tertiary alicyclic amines) is 1. The first-order chi connectivity index (χ1) is 14.1. The van der Waals surface area contributed by atoms with Gasteiger partial charge in [-0.2, -0.15) is 0 Å². The highest BCUT2D eigenvalue weighted by Crippen LogP contribution is 2.19. The number of unbranched alkanes of at least 4 members (excludes halogenated alkanes) is 10. The lowest BCUT2D eigenvalue weighted by atomic mass is 10.0. The fourth-order valence-electron chi connectivity index (χ4n) is 4.12. The van der Waals surface area contributed by atoms with Gasteiger partial charge in [0, 0.05) is 25.8 Å². The van der Waals surface area contributed by atoms with Gasteiger partial charge in [0.05, 0.1) is 18.8 Å². The van der Waals surface area contributed by atoms with Crippen LogP contribution in [0.3, 0.4) is 0 Å². The highest BCUT2D eigenvalue weighted by atomic mass is 16.3. The summed E-state index contributed by atoms with van der Waals surface area (Å²) in [5.74, 6) is 0.473. The average molecular weight is 413 g/mol. The standard InChI is InChI=1S/C23H44N2O4/c24-16-12-8-7-10-14-21(27)13-9-5-3-1-2-4-6-11-15-23(29)25-18-22(28)17-20(25)19-26/h20,22,26,28H,1-19,24H2/t20-,22+/m0/s1. The number of β-amino-alcohol motifs (C(OH)–C–C–N with tert-alkyl or cyclic N) is 1. The van der Waals surface area contributed by atoms with Crippen LogP contribution in [0.2, 0.25) is 0 Å². The van der Waals surface area contributed by atoms with Crippen LogP contribution in [0, 0.1) is 0 Å². The molecule has 1 heterocycles. The number of carbonyl (C=O) groups excluding carboxylic acids is 2. The number of rotatable bonds is 18. The van der Waals surface area contributed by atoms with Gasteiger partial charge in [-0.1, -0.05) is 51.4 Å². The molecule has 0 aromatic heterocycles. The molecule has 0 unspecified atom stereocenters. The molecule has 0 aromatic rings. The number of aliphatic hydroxyl groups is 2. The third kappa shape index (κ3) is 12.3. The smallest absolute Gasteiger partial charge is 0.222 e. The van der Waals surface area contributed by atoms with Gasteiger partial charge in [0.15, 0.2) is 0 Å². The van der Waals surface area contributed by atoms with E-state index in [9.17, 15) is 19.8 Å². The molecule has 1 amide bonds. The van der Waals surface area contributed by atoms with Crippen LogP contribution in [0.25, 0.3) is 0 Å². The maximum atomic E-state index is 12.2. The monoisotopic (exact) mass is 412 g/mol. The van der Waals surface area contributed by atoms with Crippen LogP contribution in [0.4, 0.5) is 0 Å². The van der Waals surface area contributed by atoms with Crippen LogP contribution in [0.5, 0.6) is 0 Å². The van der Waals surface area contributed by atoms with Gasteiger partial charge >= 0.3 is 0 Å². The Labute approximate surface area is 177 Å². The number of hydrogen-bond donors (Lipinski definition) is 3. The van der Waals surface area contributed by atoms with E-state index in [0.717, 1.165) is 77.2 Å². The lowest BCUT2D eigenvalue weighted by Gasteiger charge is -2.22. The molecule has 1 aliphatic rings. The van der Waals surface area contributed by atoms with Gasteiger partial charge in [0.2, 0.25) is 5.91 Å². The minimum atomic E-state index is -0.493. The largest absolute Gasteiger partial charge is 0.394 e. The average Bonchev–Trinajstić information content (AvgIpc) is 3.10. The minimum absolute atomic E-state index is 0.0599. The van der Waals surface area contributed by atoms with Crippen molar-refractivity contribution in [3.05, 3.63) is 0 Å². The van der Waals surface area contributed by atoms with E-state index < -0.39 is 6.10 Å². The summed E-state index contributed by atoms with van der Waals surface area (Å²) in [6.07, 6.45) is 15.1. The molecule has 0 aromatic carbocycles. The van der Waals surface area contributed by atoms with Gasteiger partial charge in [-0.15, -0.1) is 0 Å². The van der Waals surface area contributed by atoms with Crippen LogP contribution in [0.1, 0.15) is 103 Å². The van der Waals surface area contributed by atoms with E-state index in [2.05, 4.69) is 0 Å². The SMILES string of the molecule is NCCCCCCC(=O)CCCCCCCCCCC(=O)N1C[C@H](O)C[C@H]1CO. The first-order valence-corrected chi connectivity index (χ1v) is 11.9. The molecule has 0 saturated carbocycles. The fraction of sp³-hybridized carbons (Fsp3) is 0.913. The number of amides is 1. The van der Waals surface area contributed by atoms with E-state index in [1.165, 1.54) is 19.3 Å². The maximum Gasteiger partial charge on any atom is 0.222 e. The second-order valence-electron chi connectivity index (χ2n) is 8.59. The fourth-order valence-corrected chi connectivity index (χ4v) is 4.12. The topological polar surface area (TPSA) is 104 Å². The van der Waals surface area contributed by atoms with Gasteiger partial charge in [0.1, 0.15) is 5.78 Å². The number of nitrogens with zero attached hydrogens (tertiary/aromatic N) is 1. The van der Waals surface area contributed by atoms with Crippen molar-refractivity contribution >= 4 is 11.7 Å². The third-order valence-corrected chi connectivity index (χ3v) is 5.93. The Morgan fingerprint density at radius 2 is 1.28 bits per heavy atom. The number of ketones is 1. The number of hydrogen-bond acceptors (Lipinski definition) is 5. The predicted molar refractivity (Wildman–Crippen MR) is 117 cm³/mol. The molecule has 170 valence electrons. The molecule has 6 nitrogen and oxygen atoms in total. The van der Waals surface area contributed by atoms with Crippen LogP contribution < -0.4 is 5.73 Å². The lowest BCUT2D eigenvalue weighted by Crippen LogP contribution is -2.37. The molecule has 1 saturated heterocycles. The number of aliphatic hydroxyl groups excluding tert-OH is 2. The molecule has 2 atom stereocenters. The molecule has 0 spiro atoms. The van der Waals surface area contributed by atoms with Crippen molar-refractivity contribution in [1.82, 2.24) is 4.90 Å². The zero-order chi connectivity index (χ0) is 21.3. The second kappa shape index (κ2) is 16.8. The maximum absolute atomic E-state index is 12.2. The summed E-state index contributed by atoms with van der Waals surface area (Å²) in [6, 6.07) is -0.208. The quantitative estimate of drug-likeness (QED) is 0.300. The van der Waals surface area contributed by atoms with Crippen molar-refractivity contribution in [2.24, 2.45) is 5.73 Å². The van der Waals surface area contributed by atoms with Gasteiger partial charge in [-0.25, -0.2) is 0 Å². The Morgan fingerprint density at radius 1 is 0.793 bits per heavy atom. The van der Waals surface area contributed by atoms with E-state index in [-0.39, 0.29) is 18.6 Å². The van der Waals surface area contributed by atoms with Crippen molar-refractivity contribution in [2.75, 3.05) is 19.7 Å². The summed E-state index contributed by atoms with van der Waals surface area (Å²) in [6.45, 7) is 1.05. The Bertz CT molecular complexity index is 445. The van der Waals surface area contributed by atoms with E-state index >= 15 is 0 Å². The summed E-state index contributed by atoms with van der Waals surface area (Å²) in [5, 5.41) is 19.0. The molecular weight excluding hydrogens is 368 g/mol. The Balaban J connectivity index is 1.87. The van der Waals surface area contributed by atoms with Crippen molar-refractivity contribution < 1.29 is 19.8 Å². The Morgan fingerprint density at radius 3 is 1.79 bits per heavy atom. The summed E-state index contributed by atoms with van der Waals surface area (Å²) in [5.41, 5.74) is 5.46. The highest BCUT2D eigenvalue weighted by molar-refractivity contribution is 5.78. The summed E-state index contributed by atoms with van der Waals surface area (Å²) in [7, 11) is 0. The lowest BCUT2D eigenvalue weighted by molar-refractivity contribution is -0.133. The summed E-state index contributed by atoms with van der Waals surface area (Å²) in [4.78, 5) is 25.7. The molecule has 0 aliphatic carbocycles. The van der Waals surface area contributed by atoms with Gasteiger partial charge in [-0.05, 0) is 38.6 Å². The molecular formula is C23H44N2O4. The van der Waals surface area contributed by atoms with Crippen LogP contribution in [-0.2, 0) is 9.59 Å². The molecule has 0 radical (unpaired) electrons. The summed E-state index contributed by atoms with van der Waals surface area (Å²) >= 11 is 0. The highest BCUT2D eigenvalue weighted by Gasteiger charge is 2.33. The third-order valence-electron chi connectivity index (χ3n) is 5.93. The zero-order valence-corrected chi connectivity index (χ0v) is 18.3. The van der Waals surface area contributed by atoms with Crippen LogP contribution >= 0.6 is 0 Å². The van der Waals surface area contributed by atoms with Crippen LogP contribution in [-0.4, -0.2) is 58.6 Å². The van der Waals surface area contributed by atoms with Crippen molar-refractivity contribution in [1.29, 1.82) is 0 Å². The van der Waals surface area contributed by atoms with E-state index in [4.69, 9.17) is 5.73 Å². The number of Topliss-reactive ketones (excluding diaryl/α,β-unsaturated/α-hetero) is 1. The van der Waals surface area contributed by atoms with E-state index in [0.29, 0.717) is 25.2 Å². The number of carbonyl (C=O) groups is 2. The number of nitrogens with two attached hydrogens (primary N) is 1. The molecule has 6 heteroatoms.